The summed E-state index contributed by atoms with van der Waals surface area (Å²) in [5, 5.41) is 4.36. The summed E-state index contributed by atoms with van der Waals surface area (Å²) in [7, 11) is 0. The maximum atomic E-state index is 12.7. The Morgan fingerprint density at radius 1 is 1.27 bits per heavy atom. The summed E-state index contributed by atoms with van der Waals surface area (Å²) >= 11 is 6.23. The number of anilines is 2. The SMILES string of the molecule is Cc1ccc(N)c(NC(=O)c2coc(-c3cn(CC(C)C)c4ccc(Cl)cc34)n2)c1. The zero-order chi connectivity index (χ0) is 21.4. The quantitative estimate of drug-likeness (QED) is 0.401. The molecule has 2 aromatic carbocycles. The van der Waals surface area contributed by atoms with Crippen molar-refractivity contribution in [3.05, 3.63) is 65.1 Å². The van der Waals surface area contributed by atoms with Gasteiger partial charge in [-0.3, -0.25) is 4.79 Å². The van der Waals surface area contributed by atoms with Gasteiger partial charge in [0.15, 0.2) is 5.69 Å². The molecule has 0 aliphatic heterocycles. The van der Waals surface area contributed by atoms with Gasteiger partial charge in [-0.05, 0) is 48.7 Å². The van der Waals surface area contributed by atoms with Crippen LogP contribution in [0.15, 0.2) is 53.3 Å². The minimum absolute atomic E-state index is 0.178. The van der Waals surface area contributed by atoms with E-state index in [2.05, 4.69) is 28.7 Å². The van der Waals surface area contributed by atoms with E-state index in [9.17, 15) is 4.79 Å². The molecule has 0 saturated carbocycles. The Labute approximate surface area is 179 Å². The van der Waals surface area contributed by atoms with E-state index < -0.39 is 0 Å². The second-order valence-electron chi connectivity index (χ2n) is 7.83. The van der Waals surface area contributed by atoms with E-state index in [4.69, 9.17) is 21.8 Å². The molecule has 4 rings (SSSR count). The average molecular weight is 423 g/mol. The molecule has 30 heavy (non-hydrogen) atoms. The number of nitrogens with one attached hydrogen (secondary N) is 1. The van der Waals surface area contributed by atoms with E-state index in [-0.39, 0.29) is 11.6 Å². The smallest absolute Gasteiger partial charge is 0.277 e. The van der Waals surface area contributed by atoms with Gasteiger partial charge in [-0.1, -0.05) is 31.5 Å². The first-order chi connectivity index (χ1) is 14.3. The number of oxazole rings is 1. The Kier molecular flexibility index (Phi) is 5.26. The molecule has 0 radical (unpaired) electrons. The predicted octanol–water partition coefficient (Wildman–Crippen LogP) is 5.75. The van der Waals surface area contributed by atoms with E-state index in [1.54, 1.807) is 6.07 Å². The predicted molar refractivity (Wildman–Crippen MR) is 121 cm³/mol. The van der Waals surface area contributed by atoms with Crippen LogP contribution in [0.1, 0.15) is 29.9 Å². The van der Waals surface area contributed by atoms with E-state index in [0.717, 1.165) is 28.6 Å². The summed E-state index contributed by atoms with van der Waals surface area (Å²) in [5.41, 5.74) is 10.0. The van der Waals surface area contributed by atoms with E-state index in [1.165, 1.54) is 6.26 Å². The van der Waals surface area contributed by atoms with Crippen LogP contribution in [0.3, 0.4) is 0 Å². The number of aryl methyl sites for hydroxylation is 1. The number of benzene rings is 2. The maximum absolute atomic E-state index is 12.7. The number of carbonyl (C=O) groups is 1. The van der Waals surface area contributed by atoms with Gasteiger partial charge in [-0.15, -0.1) is 0 Å². The third kappa shape index (κ3) is 3.91. The van der Waals surface area contributed by atoms with E-state index in [1.807, 2.05) is 43.5 Å². The number of hydrogen-bond acceptors (Lipinski definition) is 4. The molecule has 0 spiro atoms. The topological polar surface area (TPSA) is 86.1 Å². The Balaban J connectivity index is 1.68. The highest BCUT2D eigenvalue weighted by Crippen LogP contribution is 2.33. The number of aromatic nitrogens is 2. The molecule has 0 unspecified atom stereocenters. The van der Waals surface area contributed by atoms with Gasteiger partial charge in [0.25, 0.3) is 5.91 Å². The number of halogens is 1. The molecule has 4 aromatic rings. The lowest BCUT2D eigenvalue weighted by molar-refractivity contribution is 0.102. The van der Waals surface area contributed by atoms with Crippen LogP contribution in [0.2, 0.25) is 5.02 Å². The first-order valence-corrected chi connectivity index (χ1v) is 10.1. The minimum atomic E-state index is -0.383. The fraction of sp³-hybridized carbons (Fsp3) is 0.217. The van der Waals surface area contributed by atoms with Crippen LogP contribution >= 0.6 is 11.6 Å². The van der Waals surface area contributed by atoms with Gasteiger partial charge >= 0.3 is 0 Å². The molecule has 7 heteroatoms. The monoisotopic (exact) mass is 422 g/mol. The lowest BCUT2D eigenvalue weighted by Crippen LogP contribution is -2.13. The second-order valence-corrected chi connectivity index (χ2v) is 8.27. The van der Waals surface area contributed by atoms with Crippen LogP contribution in [0.5, 0.6) is 0 Å². The van der Waals surface area contributed by atoms with Crippen molar-refractivity contribution < 1.29 is 9.21 Å². The van der Waals surface area contributed by atoms with Crippen molar-refractivity contribution in [1.82, 2.24) is 9.55 Å². The molecule has 0 aliphatic rings. The Morgan fingerprint density at radius 2 is 2.07 bits per heavy atom. The van der Waals surface area contributed by atoms with Gasteiger partial charge in [0.2, 0.25) is 5.89 Å². The number of nitrogens with two attached hydrogens (primary N) is 1. The largest absolute Gasteiger partial charge is 0.444 e. The van der Waals surface area contributed by atoms with Gasteiger partial charge in [-0.2, -0.15) is 0 Å². The Morgan fingerprint density at radius 3 is 2.83 bits per heavy atom. The normalized spacial score (nSPS) is 11.4. The molecule has 2 aromatic heterocycles. The van der Waals surface area contributed by atoms with Crippen molar-refractivity contribution in [1.29, 1.82) is 0 Å². The van der Waals surface area contributed by atoms with Crippen molar-refractivity contribution in [3.63, 3.8) is 0 Å². The Hall–Kier alpha value is -3.25. The summed E-state index contributed by atoms with van der Waals surface area (Å²) in [6.07, 6.45) is 3.35. The molecule has 154 valence electrons. The zero-order valence-electron chi connectivity index (χ0n) is 17.1. The summed E-state index contributed by atoms with van der Waals surface area (Å²) < 4.78 is 7.83. The molecule has 2 heterocycles. The molecule has 1 amide bonds. The van der Waals surface area contributed by atoms with Gasteiger partial charge in [0, 0.05) is 28.7 Å². The number of rotatable bonds is 5. The number of hydrogen-bond donors (Lipinski definition) is 2. The number of amides is 1. The molecule has 0 saturated heterocycles. The van der Waals surface area contributed by atoms with Crippen molar-refractivity contribution >= 4 is 39.8 Å². The van der Waals surface area contributed by atoms with Crippen LogP contribution in [0.25, 0.3) is 22.4 Å². The lowest BCUT2D eigenvalue weighted by atomic mass is 10.2. The third-order valence-electron chi connectivity index (χ3n) is 4.83. The van der Waals surface area contributed by atoms with Crippen LogP contribution in [0, 0.1) is 12.8 Å². The number of nitrogens with zero attached hydrogens (tertiary/aromatic N) is 2. The Bertz CT molecular complexity index is 1240. The van der Waals surface area contributed by atoms with E-state index >= 15 is 0 Å². The second kappa shape index (κ2) is 7.88. The molecule has 3 N–H and O–H groups in total. The van der Waals surface area contributed by atoms with Crippen LogP contribution in [-0.2, 0) is 6.54 Å². The third-order valence-corrected chi connectivity index (χ3v) is 5.06. The zero-order valence-corrected chi connectivity index (χ0v) is 17.8. The minimum Gasteiger partial charge on any atom is -0.444 e. The first kappa shape index (κ1) is 20.0. The van der Waals surface area contributed by atoms with Gasteiger partial charge in [0.05, 0.1) is 16.9 Å². The number of fused-ring (bicyclic) bond motifs is 1. The summed E-state index contributed by atoms with van der Waals surface area (Å²) in [6.45, 7) is 7.10. The van der Waals surface area contributed by atoms with Crippen LogP contribution in [-0.4, -0.2) is 15.5 Å². The number of nitrogen functional groups attached to an aromatic ring is 1. The molecular formula is C23H23ClN4O2. The van der Waals surface area contributed by atoms with Gasteiger partial charge < -0.3 is 20.0 Å². The molecule has 0 bridgehead atoms. The molecule has 0 atom stereocenters. The fourth-order valence-corrected chi connectivity index (χ4v) is 3.62. The first-order valence-electron chi connectivity index (χ1n) is 9.73. The van der Waals surface area contributed by atoms with E-state index in [0.29, 0.717) is 28.2 Å². The lowest BCUT2D eigenvalue weighted by Gasteiger charge is -2.07. The summed E-state index contributed by atoms with van der Waals surface area (Å²) in [4.78, 5) is 17.1. The van der Waals surface area contributed by atoms with Crippen molar-refractivity contribution in [2.75, 3.05) is 11.1 Å². The molecule has 6 nitrogen and oxygen atoms in total. The molecular weight excluding hydrogens is 400 g/mol. The van der Waals surface area contributed by atoms with Gasteiger partial charge in [0.1, 0.15) is 6.26 Å². The highest BCUT2D eigenvalue weighted by molar-refractivity contribution is 6.31. The molecule has 0 aliphatic carbocycles. The summed E-state index contributed by atoms with van der Waals surface area (Å²) in [6, 6.07) is 11.2. The standard InChI is InChI=1S/C23H23ClN4O2/c1-13(2)10-28-11-17(16-9-15(24)5-7-21(16)28)23-27-20(12-30-23)22(29)26-19-8-14(3)4-6-18(19)25/h4-9,11-13H,10,25H2,1-3H3,(H,26,29). The van der Waals surface area contributed by atoms with Gasteiger partial charge in [-0.25, -0.2) is 4.98 Å². The maximum Gasteiger partial charge on any atom is 0.277 e. The fourth-order valence-electron chi connectivity index (χ4n) is 3.45. The average Bonchev–Trinajstić information content (AvgIpc) is 3.29. The highest BCUT2D eigenvalue weighted by atomic mass is 35.5. The van der Waals surface area contributed by atoms with Crippen LogP contribution in [0.4, 0.5) is 11.4 Å². The van der Waals surface area contributed by atoms with Crippen molar-refractivity contribution in [2.24, 2.45) is 5.92 Å². The highest BCUT2D eigenvalue weighted by Gasteiger charge is 2.19. The summed E-state index contributed by atoms with van der Waals surface area (Å²) in [5.74, 6) is 0.452. The van der Waals surface area contributed by atoms with Crippen molar-refractivity contribution in [3.8, 4) is 11.5 Å². The molecule has 0 fully saturated rings. The van der Waals surface area contributed by atoms with Crippen molar-refractivity contribution in [2.45, 2.75) is 27.3 Å². The van der Waals surface area contributed by atoms with Crippen LogP contribution < -0.4 is 11.1 Å². The number of carbonyl (C=O) groups excluding carboxylic acids is 1.